The van der Waals surface area contributed by atoms with Crippen LogP contribution >= 0.6 is 0 Å². The van der Waals surface area contributed by atoms with Crippen molar-refractivity contribution in [2.24, 2.45) is 5.11 Å². The molecule has 0 aromatic heterocycles. The summed E-state index contributed by atoms with van der Waals surface area (Å²) >= 11 is 0. The smallest absolute Gasteiger partial charge is 0.507 e. The molecular formula is C10H8F3N3O2. The third-order valence-electron chi connectivity index (χ3n) is 1.78. The zero-order valence-electron chi connectivity index (χ0n) is 8.92. The Balaban J connectivity index is 2.87. The van der Waals surface area contributed by atoms with Gasteiger partial charge in [0.2, 0.25) is 0 Å². The fourth-order valence-corrected chi connectivity index (χ4v) is 1.13. The first-order valence-electron chi connectivity index (χ1n) is 4.68. The van der Waals surface area contributed by atoms with Crippen LogP contribution in [0.3, 0.4) is 0 Å². The first-order chi connectivity index (χ1) is 8.42. The highest BCUT2D eigenvalue weighted by Crippen LogP contribution is 2.28. The molecule has 0 amide bonds. The molecule has 1 aromatic carbocycles. The van der Waals surface area contributed by atoms with Crippen molar-refractivity contribution in [3.63, 3.8) is 0 Å². The largest absolute Gasteiger partial charge is 0.573 e. The highest BCUT2D eigenvalue weighted by Gasteiger charge is 2.31. The van der Waals surface area contributed by atoms with Crippen LogP contribution in [0.2, 0.25) is 0 Å². The standard InChI is InChI=1S/C10H8F3N3O2/c11-10(12,13)18-8-3-4-9(17)7(6-8)2-1-5-15-16-14/h1-4,6,17H,5H2. The van der Waals surface area contributed by atoms with Gasteiger partial charge in [-0.3, -0.25) is 0 Å². The van der Waals surface area contributed by atoms with E-state index in [1.165, 1.54) is 12.2 Å². The molecule has 0 spiro atoms. The van der Waals surface area contributed by atoms with E-state index in [0.29, 0.717) is 0 Å². The van der Waals surface area contributed by atoms with E-state index in [9.17, 15) is 18.3 Å². The van der Waals surface area contributed by atoms with Crippen LogP contribution in [-0.4, -0.2) is 18.0 Å². The van der Waals surface area contributed by atoms with Gasteiger partial charge in [0, 0.05) is 17.0 Å². The van der Waals surface area contributed by atoms with Gasteiger partial charge in [0.05, 0.1) is 0 Å². The van der Waals surface area contributed by atoms with Crippen LogP contribution in [-0.2, 0) is 0 Å². The molecule has 1 N–H and O–H groups in total. The van der Waals surface area contributed by atoms with Crippen molar-refractivity contribution in [1.82, 2.24) is 0 Å². The SMILES string of the molecule is [N-]=[N+]=NCC=Cc1cc(OC(F)(F)F)ccc1O. The van der Waals surface area contributed by atoms with Gasteiger partial charge in [-0.2, -0.15) is 0 Å². The summed E-state index contributed by atoms with van der Waals surface area (Å²) in [6, 6.07) is 3.09. The maximum absolute atomic E-state index is 12.0. The molecule has 0 atom stereocenters. The molecule has 0 saturated heterocycles. The first-order valence-corrected chi connectivity index (χ1v) is 4.68. The minimum atomic E-state index is -4.79. The Morgan fingerprint density at radius 3 is 2.78 bits per heavy atom. The van der Waals surface area contributed by atoms with Gasteiger partial charge in [-0.15, -0.1) is 13.2 Å². The molecule has 0 bridgehead atoms. The van der Waals surface area contributed by atoms with E-state index >= 15 is 0 Å². The monoisotopic (exact) mass is 259 g/mol. The molecule has 0 saturated carbocycles. The van der Waals surface area contributed by atoms with Gasteiger partial charge in [-0.1, -0.05) is 17.3 Å². The van der Waals surface area contributed by atoms with E-state index in [-0.39, 0.29) is 17.9 Å². The minimum absolute atomic E-state index is 0.0281. The van der Waals surface area contributed by atoms with Crippen molar-refractivity contribution in [2.45, 2.75) is 6.36 Å². The van der Waals surface area contributed by atoms with Gasteiger partial charge < -0.3 is 9.84 Å². The summed E-state index contributed by atoms with van der Waals surface area (Å²) in [4.78, 5) is 2.49. The van der Waals surface area contributed by atoms with E-state index in [0.717, 1.165) is 18.2 Å². The third kappa shape index (κ3) is 4.67. The maximum Gasteiger partial charge on any atom is 0.573 e. The fourth-order valence-electron chi connectivity index (χ4n) is 1.13. The molecular weight excluding hydrogens is 251 g/mol. The summed E-state index contributed by atoms with van der Waals surface area (Å²) in [5.41, 5.74) is 8.15. The van der Waals surface area contributed by atoms with Crippen LogP contribution in [0.4, 0.5) is 13.2 Å². The second-order valence-electron chi connectivity index (χ2n) is 3.08. The number of phenols is 1. The van der Waals surface area contributed by atoms with E-state index in [1.54, 1.807) is 0 Å². The molecule has 1 aromatic rings. The number of rotatable bonds is 4. The number of azide groups is 1. The number of hydrogen-bond acceptors (Lipinski definition) is 3. The Morgan fingerprint density at radius 1 is 1.44 bits per heavy atom. The second kappa shape index (κ2) is 5.83. The second-order valence-corrected chi connectivity index (χ2v) is 3.08. The molecule has 1 rings (SSSR count). The predicted molar refractivity (Wildman–Crippen MR) is 57.8 cm³/mol. The normalized spacial score (nSPS) is 11.3. The van der Waals surface area contributed by atoms with Crippen LogP contribution in [0.5, 0.6) is 11.5 Å². The Bertz CT molecular complexity index is 494. The lowest BCUT2D eigenvalue weighted by Gasteiger charge is -2.09. The quantitative estimate of drug-likeness (QED) is 0.509. The molecule has 18 heavy (non-hydrogen) atoms. The van der Waals surface area contributed by atoms with Crippen molar-refractivity contribution >= 4 is 6.08 Å². The van der Waals surface area contributed by atoms with Crippen molar-refractivity contribution in [3.8, 4) is 11.5 Å². The molecule has 0 heterocycles. The molecule has 5 nitrogen and oxygen atoms in total. The zero-order valence-corrected chi connectivity index (χ0v) is 8.92. The Hall–Kier alpha value is -2.34. The van der Waals surface area contributed by atoms with Gasteiger partial charge in [-0.25, -0.2) is 0 Å². The van der Waals surface area contributed by atoms with E-state index in [2.05, 4.69) is 14.8 Å². The number of halogens is 3. The lowest BCUT2D eigenvalue weighted by atomic mass is 10.2. The summed E-state index contributed by atoms with van der Waals surface area (Å²) < 4.78 is 39.6. The number of hydrogen-bond donors (Lipinski definition) is 1. The Kier molecular flexibility index (Phi) is 4.45. The molecule has 0 aliphatic carbocycles. The molecule has 8 heteroatoms. The molecule has 0 radical (unpaired) electrons. The molecule has 0 fully saturated rings. The highest BCUT2D eigenvalue weighted by atomic mass is 19.4. The highest BCUT2D eigenvalue weighted by molar-refractivity contribution is 5.59. The average Bonchev–Trinajstić information content (AvgIpc) is 2.26. The van der Waals surface area contributed by atoms with Gasteiger partial charge in [0.25, 0.3) is 0 Å². The van der Waals surface area contributed by atoms with Crippen molar-refractivity contribution in [1.29, 1.82) is 0 Å². The lowest BCUT2D eigenvalue weighted by Crippen LogP contribution is -2.17. The van der Waals surface area contributed by atoms with Gasteiger partial charge in [0.15, 0.2) is 0 Å². The number of nitrogens with zero attached hydrogens (tertiary/aromatic N) is 3. The van der Waals surface area contributed by atoms with Crippen molar-refractivity contribution < 1.29 is 23.0 Å². The predicted octanol–water partition coefficient (Wildman–Crippen LogP) is 3.61. The van der Waals surface area contributed by atoms with Crippen molar-refractivity contribution in [2.75, 3.05) is 6.54 Å². The summed E-state index contributed by atoms with van der Waals surface area (Å²) in [6.45, 7) is 0.0281. The average molecular weight is 259 g/mol. The number of phenolic OH excluding ortho intramolecular Hbond substituents is 1. The lowest BCUT2D eigenvalue weighted by molar-refractivity contribution is -0.274. The number of alkyl halides is 3. The molecule has 0 aliphatic rings. The van der Waals surface area contributed by atoms with E-state index < -0.39 is 12.1 Å². The first kappa shape index (κ1) is 13.7. The minimum Gasteiger partial charge on any atom is -0.507 e. The van der Waals surface area contributed by atoms with Crippen LogP contribution < -0.4 is 4.74 Å². The summed E-state index contributed by atoms with van der Waals surface area (Å²) in [5, 5.41) is 12.6. The topological polar surface area (TPSA) is 78.2 Å². The summed E-state index contributed by atoms with van der Waals surface area (Å²) in [6.07, 6.45) is -2.07. The maximum atomic E-state index is 12.0. The van der Waals surface area contributed by atoms with E-state index in [1.807, 2.05) is 0 Å². The number of benzene rings is 1. The van der Waals surface area contributed by atoms with Gasteiger partial charge in [0.1, 0.15) is 11.5 Å². The molecule has 96 valence electrons. The number of ether oxygens (including phenoxy) is 1. The number of aromatic hydroxyl groups is 1. The van der Waals surface area contributed by atoms with Crippen molar-refractivity contribution in [3.05, 3.63) is 40.3 Å². The van der Waals surface area contributed by atoms with Crippen LogP contribution in [0, 0.1) is 0 Å². The third-order valence-corrected chi connectivity index (χ3v) is 1.78. The van der Waals surface area contributed by atoms with Gasteiger partial charge >= 0.3 is 6.36 Å². The molecule has 0 aliphatic heterocycles. The Labute approximate surface area is 99.7 Å². The Morgan fingerprint density at radius 2 is 2.17 bits per heavy atom. The van der Waals surface area contributed by atoms with Crippen LogP contribution in [0.1, 0.15) is 5.56 Å². The van der Waals surface area contributed by atoms with Gasteiger partial charge in [-0.05, 0) is 23.7 Å². The van der Waals surface area contributed by atoms with Crippen LogP contribution in [0.15, 0.2) is 29.4 Å². The van der Waals surface area contributed by atoms with Crippen LogP contribution in [0.25, 0.3) is 16.5 Å². The summed E-state index contributed by atoms with van der Waals surface area (Å²) in [7, 11) is 0. The fraction of sp³-hybridized carbons (Fsp3) is 0.200. The molecule has 0 unspecified atom stereocenters. The zero-order chi connectivity index (χ0) is 13.6. The summed E-state index contributed by atoms with van der Waals surface area (Å²) in [5.74, 6) is -0.648. The van der Waals surface area contributed by atoms with E-state index in [4.69, 9.17) is 5.53 Å².